The molecular weight excluding hydrogens is 336 g/mol. The van der Waals surface area contributed by atoms with E-state index >= 15 is 0 Å². The van der Waals surface area contributed by atoms with Gasteiger partial charge >= 0.3 is 5.97 Å². The summed E-state index contributed by atoms with van der Waals surface area (Å²) in [5.74, 6) is -0.460. The molecule has 0 aliphatic heterocycles. The molecule has 1 heterocycles. The van der Waals surface area contributed by atoms with Crippen molar-refractivity contribution in [1.82, 2.24) is 10.1 Å². The van der Waals surface area contributed by atoms with Gasteiger partial charge in [0.1, 0.15) is 0 Å². The molecule has 0 saturated heterocycles. The molecule has 3 rings (SSSR count). The summed E-state index contributed by atoms with van der Waals surface area (Å²) in [5.41, 5.74) is 0.734. The highest BCUT2D eigenvalue weighted by atomic mass is 79.9. The van der Waals surface area contributed by atoms with Gasteiger partial charge in [0.05, 0.1) is 11.8 Å². The minimum absolute atomic E-state index is 0.199. The van der Waals surface area contributed by atoms with E-state index in [9.17, 15) is 9.90 Å². The lowest BCUT2D eigenvalue weighted by molar-refractivity contribution is -0.139. The van der Waals surface area contributed by atoms with E-state index in [1.54, 1.807) is 0 Å². The highest BCUT2D eigenvalue weighted by molar-refractivity contribution is 9.10. The Morgan fingerprint density at radius 2 is 2.14 bits per heavy atom. The minimum Gasteiger partial charge on any atom is -0.481 e. The average Bonchev–Trinajstić information content (AvgIpc) is 2.78. The Kier molecular flexibility index (Phi) is 3.36. The van der Waals surface area contributed by atoms with Crippen LogP contribution in [0.5, 0.6) is 0 Å². The maximum absolute atomic E-state index is 11.2. The molecule has 1 fully saturated rings. The fraction of sp³-hybridized carbons (Fsp3) is 0.400. The van der Waals surface area contributed by atoms with Crippen molar-refractivity contribution in [3.8, 4) is 0 Å². The lowest BCUT2D eigenvalue weighted by Gasteiger charge is -1.99. The van der Waals surface area contributed by atoms with Crippen molar-refractivity contribution in [2.24, 2.45) is 11.3 Å². The predicted molar refractivity (Wildman–Crippen MR) is 78.9 cm³/mol. The Bertz CT molecular complexity index is 696. The normalized spacial score (nSPS) is 23.0. The second-order valence-corrected chi connectivity index (χ2v) is 6.79. The predicted octanol–water partition coefficient (Wildman–Crippen LogP) is 3.25. The zero-order valence-electron chi connectivity index (χ0n) is 11.7. The van der Waals surface area contributed by atoms with E-state index in [4.69, 9.17) is 4.52 Å². The van der Waals surface area contributed by atoms with Gasteiger partial charge in [0.15, 0.2) is 5.82 Å². The van der Waals surface area contributed by atoms with Crippen LogP contribution in [0.25, 0.3) is 0 Å². The summed E-state index contributed by atoms with van der Waals surface area (Å²) in [6, 6.07) is 7.84. The van der Waals surface area contributed by atoms with Gasteiger partial charge in [0, 0.05) is 10.9 Å². The highest BCUT2D eigenvalue weighted by Crippen LogP contribution is 2.64. The van der Waals surface area contributed by atoms with Crippen LogP contribution >= 0.6 is 15.9 Å². The van der Waals surface area contributed by atoms with Gasteiger partial charge < -0.3 is 9.63 Å². The zero-order chi connectivity index (χ0) is 15.2. The van der Waals surface area contributed by atoms with Crippen LogP contribution in [0.3, 0.4) is 0 Å². The van der Waals surface area contributed by atoms with Crippen LogP contribution < -0.4 is 0 Å². The lowest BCUT2D eigenvalue weighted by atomic mass is 10.1. The Hall–Kier alpha value is -1.69. The summed E-state index contributed by atoms with van der Waals surface area (Å²) in [6.45, 7) is 3.82. The fourth-order valence-corrected chi connectivity index (χ4v) is 3.26. The third-order valence-corrected chi connectivity index (χ3v) is 4.92. The van der Waals surface area contributed by atoms with Gasteiger partial charge in [-0.2, -0.15) is 4.98 Å². The molecule has 1 aliphatic carbocycles. The van der Waals surface area contributed by atoms with Crippen molar-refractivity contribution in [2.75, 3.05) is 0 Å². The molecule has 21 heavy (non-hydrogen) atoms. The number of hydrogen-bond acceptors (Lipinski definition) is 4. The van der Waals surface area contributed by atoms with Crippen molar-refractivity contribution in [3.05, 3.63) is 46.0 Å². The van der Waals surface area contributed by atoms with Gasteiger partial charge in [-0.1, -0.05) is 53.1 Å². The molecule has 1 aromatic carbocycles. The molecule has 0 amide bonds. The first-order chi connectivity index (χ1) is 9.91. The maximum atomic E-state index is 11.2. The zero-order valence-corrected chi connectivity index (χ0v) is 13.3. The van der Waals surface area contributed by atoms with Crippen molar-refractivity contribution < 1.29 is 14.4 Å². The van der Waals surface area contributed by atoms with Crippen molar-refractivity contribution in [2.45, 2.75) is 26.2 Å². The summed E-state index contributed by atoms with van der Waals surface area (Å²) in [7, 11) is 0. The second-order valence-electron chi connectivity index (χ2n) is 5.93. The minimum atomic E-state index is -0.810. The van der Waals surface area contributed by atoms with Crippen molar-refractivity contribution >= 4 is 21.9 Å². The summed E-state index contributed by atoms with van der Waals surface area (Å²) < 4.78 is 6.27. The molecule has 5 nitrogen and oxygen atoms in total. The molecule has 1 aromatic heterocycles. The summed E-state index contributed by atoms with van der Waals surface area (Å²) >= 11 is 3.48. The first-order valence-corrected chi connectivity index (χ1v) is 7.49. The molecule has 1 aliphatic rings. The number of benzene rings is 1. The summed E-state index contributed by atoms with van der Waals surface area (Å²) in [5, 5.41) is 13.2. The number of carboxylic acid groups (broad SMARTS) is 1. The molecule has 2 aromatic rings. The quantitative estimate of drug-likeness (QED) is 0.915. The topological polar surface area (TPSA) is 76.2 Å². The third kappa shape index (κ3) is 2.48. The number of rotatable bonds is 4. The van der Waals surface area contributed by atoms with Crippen LogP contribution in [0, 0.1) is 11.3 Å². The van der Waals surface area contributed by atoms with Crippen LogP contribution in [0.1, 0.15) is 37.0 Å². The number of carboxylic acids is 1. The van der Waals surface area contributed by atoms with Crippen LogP contribution in [-0.4, -0.2) is 21.2 Å². The van der Waals surface area contributed by atoms with E-state index in [2.05, 4.69) is 26.1 Å². The van der Waals surface area contributed by atoms with Gasteiger partial charge in [0.2, 0.25) is 5.89 Å². The number of halogens is 1. The van der Waals surface area contributed by atoms with Crippen LogP contribution in [0.15, 0.2) is 33.3 Å². The van der Waals surface area contributed by atoms with Gasteiger partial charge in [-0.3, -0.25) is 4.79 Å². The van der Waals surface area contributed by atoms with Gasteiger partial charge in [-0.25, -0.2) is 0 Å². The largest absolute Gasteiger partial charge is 0.481 e. The Labute approximate surface area is 130 Å². The first-order valence-electron chi connectivity index (χ1n) is 6.70. The Morgan fingerprint density at radius 3 is 2.76 bits per heavy atom. The standard InChI is InChI=1S/C15H15BrN2O3/c1-15(2)11(12(15)14(19)20)13-17-10(18-21-13)7-8-5-3-4-6-9(8)16/h3-6,11-12H,7H2,1-2H3,(H,19,20). The van der Waals surface area contributed by atoms with E-state index in [1.807, 2.05) is 38.1 Å². The van der Waals surface area contributed by atoms with E-state index in [0.29, 0.717) is 18.1 Å². The van der Waals surface area contributed by atoms with Crippen LogP contribution in [0.4, 0.5) is 0 Å². The summed E-state index contributed by atoms with van der Waals surface area (Å²) in [4.78, 5) is 15.6. The smallest absolute Gasteiger partial charge is 0.307 e. The van der Waals surface area contributed by atoms with Crippen molar-refractivity contribution in [3.63, 3.8) is 0 Å². The number of aliphatic carboxylic acids is 1. The molecule has 6 heteroatoms. The van der Waals surface area contributed by atoms with Crippen molar-refractivity contribution in [1.29, 1.82) is 0 Å². The van der Waals surface area contributed by atoms with Crippen LogP contribution in [-0.2, 0) is 11.2 Å². The van der Waals surface area contributed by atoms with E-state index in [-0.39, 0.29) is 11.3 Å². The molecule has 2 atom stereocenters. The molecular formula is C15H15BrN2O3. The number of aromatic nitrogens is 2. The lowest BCUT2D eigenvalue weighted by Crippen LogP contribution is -2.03. The third-order valence-electron chi connectivity index (χ3n) is 4.15. The SMILES string of the molecule is CC1(C)C(C(=O)O)C1c1nc(Cc2ccccc2Br)no1. The molecule has 0 spiro atoms. The molecule has 0 radical (unpaired) electrons. The average molecular weight is 351 g/mol. The second kappa shape index (κ2) is 4.94. The Balaban J connectivity index is 1.79. The number of hydrogen-bond donors (Lipinski definition) is 1. The number of nitrogens with zero attached hydrogens (tertiary/aromatic N) is 2. The van der Waals surface area contributed by atoms with E-state index in [0.717, 1.165) is 10.0 Å². The highest BCUT2D eigenvalue weighted by Gasteiger charge is 2.65. The monoisotopic (exact) mass is 350 g/mol. The van der Waals surface area contributed by atoms with Gasteiger partial charge in [0.25, 0.3) is 0 Å². The molecule has 1 saturated carbocycles. The molecule has 1 N–H and O–H groups in total. The van der Waals surface area contributed by atoms with E-state index < -0.39 is 11.9 Å². The Morgan fingerprint density at radius 1 is 1.43 bits per heavy atom. The first kappa shape index (κ1) is 14.3. The molecule has 0 bridgehead atoms. The summed E-state index contributed by atoms with van der Waals surface area (Å²) in [6.07, 6.45) is 0.551. The van der Waals surface area contributed by atoms with E-state index in [1.165, 1.54) is 0 Å². The number of carbonyl (C=O) groups is 1. The van der Waals surface area contributed by atoms with Crippen LogP contribution in [0.2, 0.25) is 0 Å². The molecule has 2 unspecified atom stereocenters. The van der Waals surface area contributed by atoms with Gasteiger partial charge in [-0.15, -0.1) is 0 Å². The van der Waals surface area contributed by atoms with Gasteiger partial charge in [-0.05, 0) is 17.0 Å². The maximum Gasteiger partial charge on any atom is 0.307 e. The fourth-order valence-electron chi connectivity index (χ4n) is 2.84. The molecule has 110 valence electrons.